The Labute approximate surface area is 205 Å². The number of carbonyl (C=O) groups is 1. The topological polar surface area (TPSA) is 117 Å². The van der Waals surface area contributed by atoms with Gasteiger partial charge in [-0.3, -0.25) is 14.7 Å². The fourth-order valence-corrected chi connectivity index (χ4v) is 4.31. The van der Waals surface area contributed by atoms with Gasteiger partial charge in [0.05, 0.1) is 18.0 Å². The zero-order chi connectivity index (χ0) is 24.6. The summed E-state index contributed by atoms with van der Waals surface area (Å²) in [6.07, 6.45) is 3.83. The van der Waals surface area contributed by atoms with Gasteiger partial charge in [0.25, 0.3) is 5.91 Å². The molecule has 3 heterocycles. The first kappa shape index (κ1) is 24.2. The molecule has 1 amide bonds. The van der Waals surface area contributed by atoms with Gasteiger partial charge in [-0.25, -0.2) is 4.98 Å². The first-order valence-electron chi connectivity index (χ1n) is 11.9. The Morgan fingerprint density at radius 2 is 2.06 bits per heavy atom. The first-order valence-corrected chi connectivity index (χ1v) is 11.9. The third kappa shape index (κ3) is 6.14. The van der Waals surface area contributed by atoms with Gasteiger partial charge in [0.2, 0.25) is 5.88 Å². The van der Waals surface area contributed by atoms with Crippen LogP contribution in [0.4, 0.5) is 5.69 Å². The molecule has 3 N–H and O–H groups in total. The zero-order valence-corrected chi connectivity index (χ0v) is 19.9. The van der Waals surface area contributed by atoms with Crippen LogP contribution in [0, 0.1) is 17.2 Å². The summed E-state index contributed by atoms with van der Waals surface area (Å²) in [4.78, 5) is 23.8. The number of nitrogen functional groups attached to an aromatic ring is 1. The number of nitriles is 1. The van der Waals surface area contributed by atoms with Crippen LogP contribution >= 0.6 is 0 Å². The number of pyridine rings is 2. The number of amides is 1. The van der Waals surface area contributed by atoms with Gasteiger partial charge in [-0.05, 0) is 68.6 Å². The summed E-state index contributed by atoms with van der Waals surface area (Å²) in [5.41, 5.74) is 9.82. The third-order valence-electron chi connectivity index (χ3n) is 6.19. The van der Waals surface area contributed by atoms with Gasteiger partial charge in [-0.2, -0.15) is 5.26 Å². The largest absolute Gasteiger partial charge is 0.477 e. The van der Waals surface area contributed by atoms with E-state index in [1.807, 2.05) is 30.5 Å². The Morgan fingerprint density at radius 1 is 1.23 bits per heavy atom. The fourth-order valence-electron chi connectivity index (χ4n) is 4.31. The van der Waals surface area contributed by atoms with Crippen LogP contribution in [0.15, 0.2) is 54.7 Å². The number of ether oxygens (including phenoxy) is 1. The number of nitrogens with two attached hydrogens (primary N) is 1. The van der Waals surface area contributed by atoms with Gasteiger partial charge in [0, 0.05) is 24.8 Å². The maximum absolute atomic E-state index is 12.7. The molecule has 1 aliphatic heterocycles. The third-order valence-corrected chi connectivity index (χ3v) is 6.19. The summed E-state index contributed by atoms with van der Waals surface area (Å²) < 4.78 is 5.38. The number of nitrogens with one attached hydrogen (secondary N) is 1. The van der Waals surface area contributed by atoms with Crippen molar-refractivity contribution in [2.24, 2.45) is 5.92 Å². The van der Waals surface area contributed by atoms with E-state index in [-0.39, 0.29) is 28.7 Å². The predicted octanol–water partition coefficient (Wildman–Crippen LogP) is 3.64. The lowest BCUT2D eigenvalue weighted by Gasteiger charge is -2.32. The summed E-state index contributed by atoms with van der Waals surface area (Å²) in [7, 11) is 0. The molecule has 1 fully saturated rings. The number of aromatic nitrogens is 2. The molecule has 4 rings (SSSR count). The van der Waals surface area contributed by atoms with Crippen molar-refractivity contribution in [1.82, 2.24) is 20.2 Å². The second-order valence-electron chi connectivity index (χ2n) is 8.67. The van der Waals surface area contributed by atoms with Crippen LogP contribution in [-0.2, 0) is 6.54 Å². The molecule has 0 unspecified atom stereocenters. The molecule has 0 saturated carbocycles. The summed E-state index contributed by atoms with van der Waals surface area (Å²) >= 11 is 0. The standard InChI is InChI=1S/C27H30N6O2/c1-2-35-27-22(16-28)23(29)15-25(32-27)26(34)31-17-19-9-12-33(13-10-19)18-20-6-5-7-21(14-20)24-8-3-4-11-30-24/h3-8,11,14-15,19H,2,9-10,12-13,17-18H2,1H3,(H2,29,32)(H,31,34). The van der Waals surface area contributed by atoms with Gasteiger partial charge < -0.3 is 15.8 Å². The average Bonchev–Trinajstić information content (AvgIpc) is 2.89. The maximum atomic E-state index is 12.7. The van der Waals surface area contributed by atoms with E-state index in [0.29, 0.717) is 19.1 Å². The van der Waals surface area contributed by atoms with E-state index >= 15 is 0 Å². The van der Waals surface area contributed by atoms with Gasteiger partial charge in [0.1, 0.15) is 17.3 Å². The fraction of sp³-hybridized carbons (Fsp3) is 0.333. The van der Waals surface area contributed by atoms with Crippen LogP contribution in [0.3, 0.4) is 0 Å². The second kappa shape index (κ2) is 11.4. The number of benzene rings is 1. The van der Waals surface area contributed by atoms with E-state index in [1.54, 1.807) is 6.92 Å². The molecule has 0 spiro atoms. The first-order chi connectivity index (χ1) is 17.1. The van der Waals surface area contributed by atoms with Crippen molar-refractivity contribution < 1.29 is 9.53 Å². The minimum Gasteiger partial charge on any atom is -0.477 e. The predicted molar refractivity (Wildman–Crippen MR) is 135 cm³/mol. The van der Waals surface area contributed by atoms with Crippen LogP contribution in [0.2, 0.25) is 0 Å². The van der Waals surface area contributed by atoms with E-state index in [0.717, 1.165) is 43.7 Å². The molecule has 8 heteroatoms. The number of anilines is 1. The molecule has 180 valence electrons. The van der Waals surface area contributed by atoms with Crippen molar-refractivity contribution >= 4 is 11.6 Å². The summed E-state index contributed by atoms with van der Waals surface area (Å²) in [6.45, 7) is 5.55. The van der Waals surface area contributed by atoms with Gasteiger partial charge in [-0.15, -0.1) is 0 Å². The van der Waals surface area contributed by atoms with Crippen LogP contribution in [-0.4, -0.2) is 47.0 Å². The SMILES string of the molecule is CCOc1nc(C(=O)NCC2CCN(Cc3cccc(-c4ccccn4)c3)CC2)cc(N)c1C#N. The molecular formula is C27H30N6O2. The molecule has 8 nitrogen and oxygen atoms in total. The lowest BCUT2D eigenvalue weighted by atomic mass is 9.96. The number of hydrogen-bond donors (Lipinski definition) is 2. The Hall–Kier alpha value is -3.96. The highest BCUT2D eigenvalue weighted by atomic mass is 16.5. The lowest BCUT2D eigenvalue weighted by Crippen LogP contribution is -2.38. The number of carbonyl (C=O) groups excluding carboxylic acids is 1. The molecule has 0 aliphatic carbocycles. The molecule has 2 aromatic heterocycles. The molecular weight excluding hydrogens is 440 g/mol. The maximum Gasteiger partial charge on any atom is 0.270 e. The van der Waals surface area contributed by atoms with Gasteiger partial charge in [0.15, 0.2) is 0 Å². The van der Waals surface area contributed by atoms with E-state index in [9.17, 15) is 10.1 Å². The van der Waals surface area contributed by atoms with Crippen LogP contribution in [0.5, 0.6) is 5.88 Å². The number of hydrogen-bond acceptors (Lipinski definition) is 7. The van der Waals surface area contributed by atoms with Crippen LogP contribution in [0.1, 0.15) is 41.4 Å². The number of rotatable bonds is 8. The Morgan fingerprint density at radius 3 is 2.77 bits per heavy atom. The number of piperidine rings is 1. The van der Waals surface area contributed by atoms with Crippen molar-refractivity contribution in [2.45, 2.75) is 26.3 Å². The molecule has 0 atom stereocenters. The van der Waals surface area contributed by atoms with Crippen LogP contribution < -0.4 is 15.8 Å². The summed E-state index contributed by atoms with van der Waals surface area (Å²) in [6, 6.07) is 17.9. The number of likely N-dealkylation sites (tertiary alicyclic amines) is 1. The molecule has 1 aromatic carbocycles. The van der Waals surface area contributed by atoms with Crippen molar-refractivity contribution in [3.8, 4) is 23.2 Å². The van der Waals surface area contributed by atoms with Crippen molar-refractivity contribution in [3.05, 3.63) is 71.5 Å². The molecule has 3 aromatic rings. The quantitative estimate of drug-likeness (QED) is 0.516. The Bertz CT molecular complexity index is 1200. The highest BCUT2D eigenvalue weighted by Gasteiger charge is 2.21. The zero-order valence-electron chi connectivity index (χ0n) is 19.9. The summed E-state index contributed by atoms with van der Waals surface area (Å²) in [5.74, 6) is 0.189. The molecule has 0 radical (unpaired) electrons. The van der Waals surface area contributed by atoms with Crippen molar-refractivity contribution in [1.29, 1.82) is 5.26 Å². The number of nitrogens with zero attached hydrogens (tertiary/aromatic N) is 4. The van der Waals surface area contributed by atoms with Crippen molar-refractivity contribution in [3.63, 3.8) is 0 Å². The van der Waals surface area contributed by atoms with Gasteiger partial charge in [-0.1, -0.05) is 24.3 Å². The second-order valence-corrected chi connectivity index (χ2v) is 8.67. The lowest BCUT2D eigenvalue weighted by molar-refractivity contribution is 0.0929. The highest BCUT2D eigenvalue weighted by Crippen LogP contribution is 2.24. The minimum atomic E-state index is -0.309. The van der Waals surface area contributed by atoms with Crippen LogP contribution in [0.25, 0.3) is 11.3 Å². The normalized spacial score (nSPS) is 14.3. The monoisotopic (exact) mass is 470 g/mol. The minimum absolute atomic E-state index is 0.0978. The molecule has 0 bridgehead atoms. The van der Waals surface area contributed by atoms with Gasteiger partial charge >= 0.3 is 0 Å². The Balaban J connectivity index is 1.28. The smallest absolute Gasteiger partial charge is 0.270 e. The molecule has 1 aliphatic rings. The average molecular weight is 471 g/mol. The van der Waals surface area contributed by atoms with E-state index in [2.05, 4.69) is 44.5 Å². The molecule has 1 saturated heterocycles. The van der Waals surface area contributed by atoms with Crippen molar-refractivity contribution in [2.75, 3.05) is 32.0 Å². The highest BCUT2D eigenvalue weighted by molar-refractivity contribution is 5.93. The molecule has 35 heavy (non-hydrogen) atoms. The van der Waals surface area contributed by atoms with E-state index < -0.39 is 0 Å². The Kier molecular flexibility index (Phi) is 7.91. The van der Waals surface area contributed by atoms with E-state index in [4.69, 9.17) is 10.5 Å². The van der Waals surface area contributed by atoms with E-state index in [1.165, 1.54) is 11.6 Å². The summed E-state index contributed by atoms with van der Waals surface area (Å²) in [5, 5.41) is 12.2.